The standard InChI is InChI=1S/C16H23NO3/c1-5-10-20-14-9-7-6-8-13(14)11-17-15(12(2)3)16(18)19-4/h5-9,12,15,17H,1,10-11H2,2-4H3. The molecule has 0 aliphatic heterocycles. The highest BCUT2D eigenvalue weighted by atomic mass is 16.5. The normalized spacial score (nSPS) is 12.0. The van der Waals surface area contributed by atoms with Crippen LogP contribution in [0.4, 0.5) is 0 Å². The third-order valence-corrected chi connectivity index (χ3v) is 2.96. The van der Waals surface area contributed by atoms with Gasteiger partial charge in [-0.15, -0.1) is 0 Å². The Morgan fingerprint density at radius 1 is 1.40 bits per heavy atom. The van der Waals surface area contributed by atoms with Crippen LogP contribution in [0.3, 0.4) is 0 Å². The van der Waals surface area contributed by atoms with Gasteiger partial charge in [0, 0.05) is 12.1 Å². The highest BCUT2D eigenvalue weighted by Gasteiger charge is 2.22. The molecule has 0 aliphatic rings. The number of carbonyl (C=O) groups is 1. The van der Waals surface area contributed by atoms with E-state index in [0.717, 1.165) is 11.3 Å². The van der Waals surface area contributed by atoms with E-state index in [0.29, 0.717) is 13.2 Å². The third kappa shape index (κ3) is 4.70. The molecule has 1 atom stereocenters. The van der Waals surface area contributed by atoms with Crippen molar-refractivity contribution in [1.82, 2.24) is 5.32 Å². The molecule has 110 valence electrons. The van der Waals surface area contributed by atoms with E-state index in [-0.39, 0.29) is 17.9 Å². The Bertz CT molecular complexity index is 443. The Hall–Kier alpha value is -1.81. The molecule has 0 amide bonds. The number of hydrogen-bond acceptors (Lipinski definition) is 4. The van der Waals surface area contributed by atoms with Crippen LogP contribution in [0.15, 0.2) is 36.9 Å². The summed E-state index contributed by atoms with van der Waals surface area (Å²) in [6, 6.07) is 7.42. The maximum atomic E-state index is 11.7. The van der Waals surface area contributed by atoms with Gasteiger partial charge in [-0.1, -0.05) is 44.7 Å². The van der Waals surface area contributed by atoms with Crippen molar-refractivity contribution in [2.24, 2.45) is 5.92 Å². The number of benzene rings is 1. The van der Waals surface area contributed by atoms with E-state index < -0.39 is 0 Å². The van der Waals surface area contributed by atoms with Crippen molar-refractivity contribution in [3.05, 3.63) is 42.5 Å². The van der Waals surface area contributed by atoms with E-state index in [2.05, 4.69) is 11.9 Å². The molecule has 0 fully saturated rings. The summed E-state index contributed by atoms with van der Waals surface area (Å²) in [4.78, 5) is 11.7. The first kappa shape index (κ1) is 16.2. The highest BCUT2D eigenvalue weighted by molar-refractivity contribution is 5.75. The topological polar surface area (TPSA) is 47.6 Å². The number of para-hydroxylation sites is 1. The van der Waals surface area contributed by atoms with Crippen molar-refractivity contribution in [3.63, 3.8) is 0 Å². The molecule has 0 heterocycles. The molecule has 0 saturated heterocycles. The van der Waals surface area contributed by atoms with Gasteiger partial charge in [0.2, 0.25) is 0 Å². The molecule has 0 bridgehead atoms. The summed E-state index contributed by atoms with van der Waals surface area (Å²) >= 11 is 0. The molecule has 4 nitrogen and oxygen atoms in total. The molecule has 1 unspecified atom stereocenters. The maximum absolute atomic E-state index is 11.7. The summed E-state index contributed by atoms with van der Waals surface area (Å²) in [5, 5.41) is 3.22. The van der Waals surface area contributed by atoms with Crippen LogP contribution < -0.4 is 10.1 Å². The van der Waals surface area contributed by atoms with E-state index in [1.807, 2.05) is 38.1 Å². The largest absolute Gasteiger partial charge is 0.489 e. The van der Waals surface area contributed by atoms with Crippen LogP contribution in [0.1, 0.15) is 19.4 Å². The van der Waals surface area contributed by atoms with Crippen LogP contribution in [-0.2, 0) is 16.1 Å². The van der Waals surface area contributed by atoms with E-state index in [4.69, 9.17) is 9.47 Å². The van der Waals surface area contributed by atoms with E-state index in [1.54, 1.807) is 6.08 Å². The van der Waals surface area contributed by atoms with Crippen LogP contribution in [0, 0.1) is 5.92 Å². The van der Waals surface area contributed by atoms with Crippen LogP contribution in [0.5, 0.6) is 5.75 Å². The third-order valence-electron chi connectivity index (χ3n) is 2.96. The van der Waals surface area contributed by atoms with Gasteiger partial charge < -0.3 is 9.47 Å². The second kappa shape index (κ2) is 8.38. The highest BCUT2D eigenvalue weighted by Crippen LogP contribution is 2.18. The molecular formula is C16H23NO3. The second-order valence-corrected chi connectivity index (χ2v) is 4.83. The fourth-order valence-corrected chi connectivity index (χ4v) is 1.88. The summed E-state index contributed by atoms with van der Waals surface area (Å²) in [6.07, 6.45) is 1.70. The van der Waals surface area contributed by atoms with Gasteiger partial charge in [0.05, 0.1) is 7.11 Å². The van der Waals surface area contributed by atoms with Crippen LogP contribution >= 0.6 is 0 Å². The Labute approximate surface area is 120 Å². The zero-order valence-electron chi connectivity index (χ0n) is 12.4. The van der Waals surface area contributed by atoms with Crippen LogP contribution in [0.25, 0.3) is 0 Å². The predicted molar refractivity (Wildman–Crippen MR) is 79.6 cm³/mol. The molecule has 1 N–H and O–H groups in total. The molecule has 1 aromatic rings. The first-order valence-corrected chi connectivity index (χ1v) is 6.73. The summed E-state index contributed by atoms with van der Waals surface area (Å²) < 4.78 is 10.4. The Morgan fingerprint density at radius 3 is 2.70 bits per heavy atom. The minimum absolute atomic E-state index is 0.156. The van der Waals surface area contributed by atoms with Gasteiger partial charge in [-0.3, -0.25) is 10.1 Å². The van der Waals surface area contributed by atoms with Gasteiger partial charge in [0.15, 0.2) is 0 Å². The van der Waals surface area contributed by atoms with Crippen LogP contribution in [-0.4, -0.2) is 25.7 Å². The monoisotopic (exact) mass is 277 g/mol. The van der Waals surface area contributed by atoms with Gasteiger partial charge in [-0.05, 0) is 12.0 Å². The van der Waals surface area contributed by atoms with Gasteiger partial charge in [-0.25, -0.2) is 0 Å². The second-order valence-electron chi connectivity index (χ2n) is 4.83. The maximum Gasteiger partial charge on any atom is 0.323 e. The zero-order valence-corrected chi connectivity index (χ0v) is 12.4. The lowest BCUT2D eigenvalue weighted by atomic mass is 10.0. The van der Waals surface area contributed by atoms with Gasteiger partial charge in [0.1, 0.15) is 18.4 Å². The van der Waals surface area contributed by atoms with Crippen molar-refractivity contribution in [2.75, 3.05) is 13.7 Å². The Morgan fingerprint density at radius 2 is 2.10 bits per heavy atom. The predicted octanol–water partition coefficient (Wildman–Crippen LogP) is 2.54. The van der Waals surface area contributed by atoms with Crippen molar-refractivity contribution in [3.8, 4) is 5.75 Å². The van der Waals surface area contributed by atoms with Crippen molar-refractivity contribution in [1.29, 1.82) is 0 Å². The summed E-state index contributed by atoms with van der Waals surface area (Å²) in [7, 11) is 1.40. The lowest BCUT2D eigenvalue weighted by Crippen LogP contribution is -2.41. The zero-order chi connectivity index (χ0) is 15.0. The average Bonchev–Trinajstić information content (AvgIpc) is 2.45. The number of ether oxygens (including phenoxy) is 2. The molecule has 0 saturated carbocycles. The van der Waals surface area contributed by atoms with Gasteiger partial charge in [-0.2, -0.15) is 0 Å². The molecule has 1 rings (SSSR count). The van der Waals surface area contributed by atoms with E-state index in [9.17, 15) is 4.79 Å². The minimum atomic E-state index is -0.326. The fourth-order valence-electron chi connectivity index (χ4n) is 1.88. The SMILES string of the molecule is C=CCOc1ccccc1CNC(C(=O)OC)C(C)C. The average molecular weight is 277 g/mol. The van der Waals surface area contributed by atoms with Crippen molar-refractivity contribution >= 4 is 5.97 Å². The first-order valence-electron chi connectivity index (χ1n) is 6.73. The smallest absolute Gasteiger partial charge is 0.323 e. The summed E-state index contributed by atoms with van der Waals surface area (Å²) in [5.41, 5.74) is 1.00. The van der Waals surface area contributed by atoms with E-state index >= 15 is 0 Å². The number of methoxy groups -OCH3 is 1. The molecule has 0 radical (unpaired) electrons. The molecule has 0 spiro atoms. The van der Waals surface area contributed by atoms with Crippen LogP contribution in [0.2, 0.25) is 0 Å². The Balaban J connectivity index is 2.72. The van der Waals surface area contributed by atoms with Crippen molar-refractivity contribution in [2.45, 2.75) is 26.4 Å². The quantitative estimate of drug-likeness (QED) is 0.586. The molecule has 0 aromatic heterocycles. The number of rotatable bonds is 8. The molecular weight excluding hydrogens is 254 g/mol. The molecule has 4 heteroatoms. The lowest BCUT2D eigenvalue weighted by molar-refractivity contribution is -0.144. The number of hydrogen-bond donors (Lipinski definition) is 1. The molecule has 20 heavy (non-hydrogen) atoms. The number of esters is 1. The summed E-state index contributed by atoms with van der Waals surface area (Å²) in [6.45, 7) is 8.60. The number of nitrogens with one attached hydrogen (secondary N) is 1. The van der Waals surface area contributed by atoms with Crippen molar-refractivity contribution < 1.29 is 14.3 Å². The Kier molecular flexibility index (Phi) is 6.81. The lowest BCUT2D eigenvalue weighted by Gasteiger charge is -2.20. The number of carbonyl (C=O) groups excluding carboxylic acids is 1. The first-order chi connectivity index (χ1) is 9.60. The minimum Gasteiger partial charge on any atom is -0.489 e. The van der Waals surface area contributed by atoms with Gasteiger partial charge in [0.25, 0.3) is 0 Å². The summed E-state index contributed by atoms with van der Waals surface area (Å²) in [5.74, 6) is 0.709. The van der Waals surface area contributed by atoms with Gasteiger partial charge >= 0.3 is 5.97 Å². The molecule has 0 aliphatic carbocycles. The van der Waals surface area contributed by atoms with E-state index in [1.165, 1.54) is 7.11 Å². The molecule has 1 aromatic carbocycles. The fraction of sp³-hybridized carbons (Fsp3) is 0.438.